The zero-order valence-corrected chi connectivity index (χ0v) is 9.54. The zero-order valence-electron chi connectivity index (χ0n) is 9.54. The van der Waals surface area contributed by atoms with Crippen molar-refractivity contribution in [1.29, 1.82) is 0 Å². The summed E-state index contributed by atoms with van der Waals surface area (Å²) in [5, 5.41) is 9.55. The van der Waals surface area contributed by atoms with Gasteiger partial charge in [0.1, 0.15) is 6.29 Å². The topological polar surface area (TPSA) is 37.3 Å². The minimum absolute atomic E-state index is 0.000594. The Balaban J connectivity index is 3.26. The maximum atomic E-state index is 10.3. The molecule has 0 aromatic heterocycles. The summed E-state index contributed by atoms with van der Waals surface area (Å²) in [5.41, 5.74) is 0. The van der Waals surface area contributed by atoms with Crippen LogP contribution in [-0.4, -0.2) is 17.5 Å². The van der Waals surface area contributed by atoms with Crippen molar-refractivity contribution < 1.29 is 9.90 Å². The average molecular weight is 200 g/mol. The molecule has 2 unspecified atom stereocenters. The van der Waals surface area contributed by atoms with Crippen molar-refractivity contribution in [3.05, 3.63) is 0 Å². The lowest BCUT2D eigenvalue weighted by atomic mass is 10.0. The van der Waals surface area contributed by atoms with E-state index >= 15 is 0 Å². The normalized spacial score (nSPS) is 15.1. The molecule has 0 saturated carbocycles. The molecule has 0 fully saturated rings. The summed E-state index contributed by atoms with van der Waals surface area (Å²) in [6, 6.07) is 0. The number of carbonyl (C=O) groups is 1. The average Bonchev–Trinajstić information content (AvgIpc) is 2.17. The molecule has 84 valence electrons. The summed E-state index contributed by atoms with van der Waals surface area (Å²) >= 11 is 0. The van der Waals surface area contributed by atoms with E-state index in [2.05, 4.69) is 6.92 Å². The lowest BCUT2D eigenvalue weighted by molar-refractivity contribution is -0.111. The van der Waals surface area contributed by atoms with Crippen molar-refractivity contribution in [3.63, 3.8) is 0 Å². The summed E-state index contributed by atoms with van der Waals surface area (Å²) in [6.07, 6.45) is 8.22. The van der Waals surface area contributed by atoms with Gasteiger partial charge >= 0.3 is 0 Å². The van der Waals surface area contributed by atoms with E-state index in [4.69, 9.17) is 0 Å². The first kappa shape index (κ1) is 13.6. The van der Waals surface area contributed by atoms with E-state index in [9.17, 15) is 9.90 Å². The van der Waals surface area contributed by atoms with Gasteiger partial charge in [-0.05, 0) is 12.8 Å². The molecule has 0 radical (unpaired) electrons. The quantitative estimate of drug-likeness (QED) is 0.459. The Morgan fingerprint density at radius 3 is 2.43 bits per heavy atom. The third-order valence-corrected chi connectivity index (χ3v) is 2.52. The van der Waals surface area contributed by atoms with Crippen molar-refractivity contribution in [2.75, 3.05) is 0 Å². The van der Waals surface area contributed by atoms with Crippen LogP contribution in [0.1, 0.15) is 58.8 Å². The molecule has 0 rings (SSSR count). The van der Waals surface area contributed by atoms with Gasteiger partial charge in [0.2, 0.25) is 0 Å². The highest BCUT2D eigenvalue weighted by atomic mass is 16.3. The lowest BCUT2D eigenvalue weighted by Crippen LogP contribution is -2.12. The van der Waals surface area contributed by atoms with Gasteiger partial charge in [-0.2, -0.15) is 0 Å². The van der Waals surface area contributed by atoms with Gasteiger partial charge in [0, 0.05) is 5.92 Å². The fourth-order valence-corrected chi connectivity index (χ4v) is 1.59. The van der Waals surface area contributed by atoms with Gasteiger partial charge < -0.3 is 9.90 Å². The van der Waals surface area contributed by atoms with Crippen LogP contribution in [0.25, 0.3) is 0 Å². The highest BCUT2D eigenvalue weighted by Crippen LogP contribution is 2.12. The third-order valence-electron chi connectivity index (χ3n) is 2.52. The van der Waals surface area contributed by atoms with E-state index in [-0.39, 0.29) is 12.0 Å². The Labute approximate surface area is 87.7 Å². The molecule has 14 heavy (non-hydrogen) atoms. The van der Waals surface area contributed by atoms with E-state index < -0.39 is 0 Å². The minimum atomic E-state index is -0.281. The van der Waals surface area contributed by atoms with Crippen LogP contribution in [-0.2, 0) is 4.79 Å². The van der Waals surface area contributed by atoms with E-state index in [0.29, 0.717) is 6.42 Å². The Hall–Kier alpha value is -0.370. The van der Waals surface area contributed by atoms with E-state index in [1.807, 2.05) is 6.92 Å². The van der Waals surface area contributed by atoms with Gasteiger partial charge in [0.25, 0.3) is 0 Å². The van der Waals surface area contributed by atoms with E-state index in [0.717, 1.165) is 19.1 Å². The number of aldehydes is 1. The molecule has 2 nitrogen and oxygen atoms in total. The van der Waals surface area contributed by atoms with Crippen molar-refractivity contribution >= 4 is 6.29 Å². The minimum Gasteiger partial charge on any atom is -0.393 e. The molecule has 0 saturated heterocycles. The molecular weight excluding hydrogens is 176 g/mol. The largest absolute Gasteiger partial charge is 0.393 e. The number of aliphatic hydroxyl groups is 1. The van der Waals surface area contributed by atoms with Crippen molar-refractivity contribution in [2.45, 2.75) is 64.9 Å². The molecule has 0 spiro atoms. The molecule has 0 heterocycles. The predicted octanol–water partition coefficient (Wildman–Crippen LogP) is 2.93. The molecule has 1 N–H and O–H groups in total. The molecule has 2 atom stereocenters. The van der Waals surface area contributed by atoms with Crippen LogP contribution in [0.15, 0.2) is 0 Å². The van der Waals surface area contributed by atoms with Crippen LogP contribution >= 0.6 is 0 Å². The summed E-state index contributed by atoms with van der Waals surface area (Å²) < 4.78 is 0. The first-order chi connectivity index (χ1) is 6.70. The van der Waals surface area contributed by atoms with Gasteiger partial charge in [-0.15, -0.1) is 0 Å². The molecule has 0 aliphatic carbocycles. The monoisotopic (exact) mass is 200 g/mol. The SMILES string of the molecule is CCCCCCCC(O)CC(C)C=O. The molecular formula is C12H24O2. The van der Waals surface area contributed by atoms with Crippen LogP contribution in [0.2, 0.25) is 0 Å². The maximum absolute atomic E-state index is 10.3. The smallest absolute Gasteiger partial charge is 0.122 e. The summed E-state index contributed by atoms with van der Waals surface area (Å²) in [6.45, 7) is 4.05. The second-order valence-corrected chi connectivity index (χ2v) is 4.21. The molecule has 0 aliphatic rings. The first-order valence-electron chi connectivity index (χ1n) is 5.84. The van der Waals surface area contributed by atoms with Crippen molar-refractivity contribution in [2.24, 2.45) is 5.92 Å². The summed E-state index contributed by atoms with van der Waals surface area (Å²) in [4.78, 5) is 10.3. The second-order valence-electron chi connectivity index (χ2n) is 4.21. The van der Waals surface area contributed by atoms with Crippen LogP contribution in [0.3, 0.4) is 0 Å². The number of aliphatic hydroxyl groups excluding tert-OH is 1. The van der Waals surface area contributed by atoms with Crippen LogP contribution in [0, 0.1) is 5.92 Å². The van der Waals surface area contributed by atoms with Gasteiger partial charge in [0.05, 0.1) is 6.10 Å². The number of hydrogen-bond donors (Lipinski definition) is 1. The van der Waals surface area contributed by atoms with Crippen LogP contribution in [0.5, 0.6) is 0 Å². The summed E-state index contributed by atoms with van der Waals surface area (Å²) in [7, 11) is 0. The Morgan fingerprint density at radius 1 is 1.21 bits per heavy atom. The highest BCUT2D eigenvalue weighted by molar-refractivity contribution is 5.52. The Kier molecular flexibility index (Phi) is 8.95. The molecule has 0 aliphatic heterocycles. The summed E-state index contributed by atoms with van der Waals surface area (Å²) in [5.74, 6) is 0.000594. The molecule has 0 aromatic carbocycles. The molecule has 0 amide bonds. The maximum Gasteiger partial charge on any atom is 0.122 e. The Bertz CT molecular complexity index is 134. The number of rotatable bonds is 9. The van der Waals surface area contributed by atoms with Crippen LogP contribution in [0.4, 0.5) is 0 Å². The van der Waals surface area contributed by atoms with Crippen molar-refractivity contribution in [1.82, 2.24) is 0 Å². The lowest BCUT2D eigenvalue weighted by Gasteiger charge is -2.11. The van der Waals surface area contributed by atoms with Gasteiger partial charge in [-0.3, -0.25) is 0 Å². The fraction of sp³-hybridized carbons (Fsp3) is 0.917. The fourth-order valence-electron chi connectivity index (χ4n) is 1.59. The molecule has 0 bridgehead atoms. The first-order valence-corrected chi connectivity index (χ1v) is 5.84. The van der Waals surface area contributed by atoms with Gasteiger partial charge in [-0.1, -0.05) is 46.0 Å². The van der Waals surface area contributed by atoms with Crippen LogP contribution < -0.4 is 0 Å². The van der Waals surface area contributed by atoms with Gasteiger partial charge in [0.15, 0.2) is 0 Å². The second kappa shape index (κ2) is 9.20. The highest BCUT2D eigenvalue weighted by Gasteiger charge is 2.08. The number of unbranched alkanes of at least 4 members (excludes halogenated alkanes) is 4. The van der Waals surface area contributed by atoms with Crippen molar-refractivity contribution in [3.8, 4) is 0 Å². The zero-order chi connectivity index (χ0) is 10.8. The number of hydrogen-bond acceptors (Lipinski definition) is 2. The molecule has 2 heteroatoms. The predicted molar refractivity (Wildman–Crippen MR) is 59.2 cm³/mol. The number of carbonyl (C=O) groups excluding carboxylic acids is 1. The van der Waals surface area contributed by atoms with Gasteiger partial charge in [-0.25, -0.2) is 0 Å². The Morgan fingerprint density at radius 2 is 1.86 bits per heavy atom. The van der Waals surface area contributed by atoms with E-state index in [1.165, 1.54) is 25.7 Å². The van der Waals surface area contributed by atoms with E-state index in [1.54, 1.807) is 0 Å². The third kappa shape index (κ3) is 8.24. The standard InChI is InChI=1S/C12H24O2/c1-3-4-5-6-7-8-12(14)9-11(2)10-13/h10-12,14H,3-9H2,1-2H3. The molecule has 0 aromatic rings.